The first-order valence-electron chi connectivity index (χ1n) is 5.04. The molecule has 1 aromatic carbocycles. The third-order valence-corrected chi connectivity index (χ3v) is 4.60. The Morgan fingerprint density at radius 3 is 2.62 bits per heavy atom. The topological polar surface area (TPSA) is 83.6 Å². The molecule has 0 aromatic heterocycles. The lowest BCUT2D eigenvalue weighted by Crippen LogP contribution is -2.30. The van der Waals surface area contributed by atoms with Crippen molar-refractivity contribution in [1.29, 1.82) is 0 Å². The second kappa shape index (κ2) is 4.04. The molecule has 0 unspecified atom stereocenters. The van der Waals surface area contributed by atoms with E-state index in [1.54, 1.807) is 18.2 Å². The molecular weight excluding hydrogens is 228 g/mol. The highest BCUT2D eigenvalue weighted by Gasteiger charge is 2.32. The molecule has 1 heterocycles. The molecule has 1 aliphatic rings. The number of anilines is 1. The Balaban J connectivity index is 2.36. The average molecular weight is 242 g/mol. The van der Waals surface area contributed by atoms with Crippen LogP contribution in [-0.4, -0.2) is 37.0 Å². The van der Waals surface area contributed by atoms with Crippen LogP contribution in [0.3, 0.4) is 0 Å². The van der Waals surface area contributed by atoms with Crippen LogP contribution in [0.15, 0.2) is 29.2 Å². The van der Waals surface area contributed by atoms with Crippen molar-refractivity contribution in [3.8, 4) is 0 Å². The van der Waals surface area contributed by atoms with E-state index in [1.165, 1.54) is 10.4 Å². The van der Waals surface area contributed by atoms with Crippen molar-refractivity contribution >= 4 is 15.7 Å². The summed E-state index contributed by atoms with van der Waals surface area (Å²) in [6.07, 6.45) is -0.0916. The van der Waals surface area contributed by atoms with E-state index in [-0.39, 0.29) is 17.1 Å². The summed E-state index contributed by atoms with van der Waals surface area (Å²) < 4.78 is 25.5. The smallest absolute Gasteiger partial charge is 0.245 e. The number of β-amino-alcohol motifs (C(OH)–C–C–N with tert-alkyl or cyclic N) is 1. The summed E-state index contributed by atoms with van der Waals surface area (Å²) in [4.78, 5) is 0.115. The van der Waals surface area contributed by atoms with Crippen molar-refractivity contribution in [3.63, 3.8) is 0 Å². The molecule has 0 spiro atoms. The fourth-order valence-corrected chi connectivity index (χ4v) is 3.39. The van der Waals surface area contributed by atoms with Crippen LogP contribution >= 0.6 is 0 Å². The maximum atomic E-state index is 12.1. The normalized spacial score (nSPS) is 22.4. The van der Waals surface area contributed by atoms with Crippen LogP contribution in [0, 0.1) is 0 Å². The van der Waals surface area contributed by atoms with Crippen LogP contribution in [0.2, 0.25) is 0 Å². The molecule has 1 fully saturated rings. The molecule has 16 heavy (non-hydrogen) atoms. The fourth-order valence-electron chi connectivity index (χ4n) is 1.78. The van der Waals surface area contributed by atoms with Gasteiger partial charge in [0.15, 0.2) is 0 Å². The number of benzene rings is 1. The fraction of sp³-hybridized carbons (Fsp3) is 0.400. The molecule has 3 N–H and O–H groups in total. The summed E-state index contributed by atoms with van der Waals surface area (Å²) in [5, 5.41) is 9.34. The maximum Gasteiger partial charge on any atom is 0.245 e. The summed E-state index contributed by atoms with van der Waals surface area (Å²) in [5.74, 6) is 0. The number of aliphatic hydroxyl groups excluding tert-OH is 1. The molecular formula is C10H14N2O3S. The minimum atomic E-state index is -3.55. The molecule has 5 nitrogen and oxygen atoms in total. The van der Waals surface area contributed by atoms with Gasteiger partial charge < -0.3 is 10.8 Å². The van der Waals surface area contributed by atoms with Crippen molar-refractivity contribution in [2.75, 3.05) is 18.8 Å². The third kappa shape index (κ3) is 1.91. The Kier molecular flexibility index (Phi) is 2.88. The summed E-state index contributed by atoms with van der Waals surface area (Å²) in [7, 11) is -3.55. The standard InChI is InChI=1S/C10H14N2O3S/c11-9-3-1-2-4-10(9)16(14,15)12-6-5-8(13)7-12/h1-4,8,13H,5-7,11H2/t8-/m0/s1. The molecule has 88 valence electrons. The zero-order valence-electron chi connectivity index (χ0n) is 8.70. The minimum Gasteiger partial charge on any atom is -0.398 e. The van der Waals surface area contributed by atoms with E-state index < -0.39 is 16.1 Å². The number of hydrogen-bond acceptors (Lipinski definition) is 4. The van der Waals surface area contributed by atoms with E-state index in [0.29, 0.717) is 13.0 Å². The van der Waals surface area contributed by atoms with Crippen molar-refractivity contribution in [2.24, 2.45) is 0 Å². The van der Waals surface area contributed by atoms with E-state index in [4.69, 9.17) is 5.73 Å². The van der Waals surface area contributed by atoms with E-state index in [9.17, 15) is 13.5 Å². The number of nitrogens with two attached hydrogens (primary N) is 1. The molecule has 0 aliphatic carbocycles. The summed E-state index contributed by atoms with van der Waals surface area (Å²) in [5.41, 5.74) is 5.88. The summed E-state index contributed by atoms with van der Waals surface area (Å²) in [6.45, 7) is 0.495. The molecule has 0 radical (unpaired) electrons. The number of hydrogen-bond donors (Lipinski definition) is 2. The Morgan fingerprint density at radius 2 is 2.06 bits per heavy atom. The number of nitrogen functional groups attached to an aromatic ring is 1. The minimum absolute atomic E-state index is 0.115. The molecule has 0 saturated carbocycles. The van der Waals surface area contributed by atoms with E-state index in [2.05, 4.69) is 0 Å². The molecule has 6 heteroatoms. The van der Waals surface area contributed by atoms with Gasteiger partial charge in [-0.1, -0.05) is 12.1 Å². The molecule has 0 amide bonds. The first-order chi connectivity index (χ1) is 7.51. The molecule has 2 rings (SSSR count). The Labute approximate surface area is 94.5 Å². The number of aliphatic hydroxyl groups is 1. The Bertz CT molecular complexity index is 487. The van der Waals surface area contributed by atoms with Crippen LogP contribution in [0.5, 0.6) is 0 Å². The highest BCUT2D eigenvalue weighted by molar-refractivity contribution is 7.89. The molecule has 0 bridgehead atoms. The number of rotatable bonds is 2. The van der Waals surface area contributed by atoms with Gasteiger partial charge in [-0.2, -0.15) is 4.31 Å². The zero-order chi connectivity index (χ0) is 11.8. The lowest BCUT2D eigenvalue weighted by molar-refractivity contribution is 0.189. The second-order valence-electron chi connectivity index (χ2n) is 3.84. The van der Waals surface area contributed by atoms with Gasteiger partial charge in [0.25, 0.3) is 0 Å². The predicted molar refractivity (Wildman–Crippen MR) is 60.2 cm³/mol. The van der Waals surface area contributed by atoms with Crippen LogP contribution in [0.25, 0.3) is 0 Å². The second-order valence-corrected chi connectivity index (χ2v) is 5.75. The van der Waals surface area contributed by atoms with Gasteiger partial charge in [0.2, 0.25) is 10.0 Å². The van der Waals surface area contributed by atoms with Crippen LogP contribution in [0.1, 0.15) is 6.42 Å². The van der Waals surface area contributed by atoms with Gasteiger partial charge in [0.05, 0.1) is 11.8 Å². The van der Waals surface area contributed by atoms with Crippen LogP contribution in [0.4, 0.5) is 5.69 Å². The Morgan fingerprint density at radius 1 is 1.38 bits per heavy atom. The maximum absolute atomic E-state index is 12.1. The largest absolute Gasteiger partial charge is 0.398 e. The number of para-hydroxylation sites is 1. The highest BCUT2D eigenvalue weighted by Crippen LogP contribution is 2.24. The van der Waals surface area contributed by atoms with Gasteiger partial charge in [-0.3, -0.25) is 0 Å². The van der Waals surface area contributed by atoms with Crippen LogP contribution in [-0.2, 0) is 10.0 Å². The van der Waals surface area contributed by atoms with Crippen molar-refractivity contribution in [2.45, 2.75) is 17.4 Å². The van der Waals surface area contributed by atoms with Crippen molar-refractivity contribution in [1.82, 2.24) is 4.31 Å². The van der Waals surface area contributed by atoms with Crippen LogP contribution < -0.4 is 5.73 Å². The molecule has 1 atom stereocenters. The van der Waals surface area contributed by atoms with Gasteiger partial charge >= 0.3 is 0 Å². The van der Waals surface area contributed by atoms with Gasteiger partial charge in [-0.25, -0.2) is 8.42 Å². The average Bonchev–Trinajstić information content (AvgIpc) is 2.66. The highest BCUT2D eigenvalue weighted by atomic mass is 32.2. The first kappa shape index (κ1) is 11.4. The lowest BCUT2D eigenvalue weighted by Gasteiger charge is -2.16. The van der Waals surface area contributed by atoms with Gasteiger partial charge in [0, 0.05) is 13.1 Å². The van der Waals surface area contributed by atoms with Gasteiger partial charge in [0.1, 0.15) is 4.90 Å². The molecule has 1 aromatic rings. The summed E-state index contributed by atoms with van der Waals surface area (Å²) >= 11 is 0. The zero-order valence-corrected chi connectivity index (χ0v) is 9.52. The molecule has 1 aliphatic heterocycles. The monoisotopic (exact) mass is 242 g/mol. The first-order valence-corrected chi connectivity index (χ1v) is 6.48. The Hall–Kier alpha value is -1.11. The quantitative estimate of drug-likeness (QED) is 0.716. The van der Waals surface area contributed by atoms with E-state index in [0.717, 1.165) is 0 Å². The number of nitrogens with zero attached hydrogens (tertiary/aromatic N) is 1. The van der Waals surface area contributed by atoms with Gasteiger partial charge in [-0.05, 0) is 18.6 Å². The predicted octanol–water partition coefficient (Wildman–Crippen LogP) is 0.0241. The van der Waals surface area contributed by atoms with Crippen molar-refractivity contribution < 1.29 is 13.5 Å². The summed E-state index contributed by atoms with van der Waals surface area (Å²) in [6, 6.07) is 6.36. The van der Waals surface area contributed by atoms with E-state index >= 15 is 0 Å². The lowest BCUT2D eigenvalue weighted by atomic mass is 10.3. The molecule has 1 saturated heterocycles. The number of sulfonamides is 1. The third-order valence-electron chi connectivity index (χ3n) is 2.66. The van der Waals surface area contributed by atoms with Crippen molar-refractivity contribution in [3.05, 3.63) is 24.3 Å². The van der Waals surface area contributed by atoms with Gasteiger partial charge in [-0.15, -0.1) is 0 Å². The van der Waals surface area contributed by atoms with E-state index in [1.807, 2.05) is 0 Å². The SMILES string of the molecule is Nc1ccccc1S(=O)(=O)N1CC[C@H](O)C1.